The van der Waals surface area contributed by atoms with E-state index in [4.69, 9.17) is 5.73 Å². The molecule has 14 heavy (non-hydrogen) atoms. The Labute approximate surface area is 85.7 Å². The molecule has 0 aliphatic carbocycles. The highest BCUT2D eigenvalue weighted by molar-refractivity contribution is 5.33. The van der Waals surface area contributed by atoms with Crippen LogP contribution in [0.4, 0.5) is 0 Å². The van der Waals surface area contributed by atoms with Crippen LogP contribution in [-0.4, -0.2) is 24.5 Å². The van der Waals surface area contributed by atoms with E-state index in [0.29, 0.717) is 0 Å². The van der Waals surface area contributed by atoms with Gasteiger partial charge in [-0.2, -0.15) is 0 Å². The monoisotopic (exact) mass is 190 g/mol. The van der Waals surface area contributed by atoms with Crippen molar-refractivity contribution in [3.63, 3.8) is 0 Å². The van der Waals surface area contributed by atoms with Crippen molar-refractivity contribution in [3.05, 3.63) is 34.9 Å². The molecule has 0 saturated carbocycles. The van der Waals surface area contributed by atoms with E-state index in [0.717, 1.165) is 26.2 Å². The highest BCUT2D eigenvalue weighted by Crippen LogP contribution is 2.19. The van der Waals surface area contributed by atoms with Gasteiger partial charge in [-0.25, -0.2) is 0 Å². The highest BCUT2D eigenvalue weighted by Gasteiger charge is 2.14. The quantitative estimate of drug-likeness (QED) is 0.762. The van der Waals surface area contributed by atoms with Crippen LogP contribution in [0.2, 0.25) is 0 Å². The smallest absolute Gasteiger partial charge is 0.0237 e. The number of fused-ring (bicyclic) bond motifs is 1. The van der Waals surface area contributed by atoms with Crippen molar-refractivity contribution in [3.8, 4) is 0 Å². The van der Waals surface area contributed by atoms with Crippen LogP contribution < -0.4 is 5.73 Å². The first-order chi connectivity index (χ1) is 6.79. The number of aryl methyl sites for hydroxylation is 1. The number of nitrogens with zero attached hydrogens (tertiary/aromatic N) is 1. The second kappa shape index (κ2) is 4.11. The number of hydrogen-bond acceptors (Lipinski definition) is 2. The molecule has 0 atom stereocenters. The minimum Gasteiger partial charge on any atom is -0.329 e. The molecule has 0 aromatic heterocycles. The zero-order valence-electron chi connectivity index (χ0n) is 8.79. The van der Waals surface area contributed by atoms with Gasteiger partial charge in [-0.15, -0.1) is 0 Å². The lowest BCUT2D eigenvalue weighted by molar-refractivity contribution is 0.261. The molecule has 0 saturated heterocycles. The molecule has 0 bridgehead atoms. The summed E-state index contributed by atoms with van der Waals surface area (Å²) in [6.07, 6.45) is 1.18. The Morgan fingerprint density at radius 3 is 3.00 bits per heavy atom. The average Bonchev–Trinajstić information content (AvgIpc) is 2.17. The molecule has 1 heterocycles. The maximum atomic E-state index is 5.57. The van der Waals surface area contributed by atoms with E-state index < -0.39 is 0 Å². The average molecular weight is 190 g/mol. The van der Waals surface area contributed by atoms with Crippen molar-refractivity contribution in [1.29, 1.82) is 0 Å². The van der Waals surface area contributed by atoms with Gasteiger partial charge in [0, 0.05) is 26.2 Å². The largest absolute Gasteiger partial charge is 0.329 e. The SMILES string of the molecule is Cc1ccc2c(c1)CN(CCN)CC2. The van der Waals surface area contributed by atoms with Gasteiger partial charge in [-0.1, -0.05) is 23.8 Å². The lowest BCUT2D eigenvalue weighted by Crippen LogP contribution is -2.34. The molecule has 0 unspecified atom stereocenters. The molecule has 0 spiro atoms. The molecule has 2 rings (SSSR count). The van der Waals surface area contributed by atoms with Crippen LogP contribution in [0.15, 0.2) is 18.2 Å². The van der Waals surface area contributed by atoms with Crippen LogP contribution in [0.3, 0.4) is 0 Å². The van der Waals surface area contributed by atoms with E-state index >= 15 is 0 Å². The maximum absolute atomic E-state index is 5.57. The van der Waals surface area contributed by atoms with Crippen LogP contribution in [0.25, 0.3) is 0 Å². The molecule has 0 amide bonds. The first-order valence-corrected chi connectivity index (χ1v) is 5.30. The molecular weight excluding hydrogens is 172 g/mol. The fourth-order valence-electron chi connectivity index (χ4n) is 2.12. The van der Waals surface area contributed by atoms with Crippen molar-refractivity contribution < 1.29 is 0 Å². The minimum absolute atomic E-state index is 0.765. The lowest BCUT2D eigenvalue weighted by Gasteiger charge is -2.28. The van der Waals surface area contributed by atoms with E-state index in [1.165, 1.54) is 23.1 Å². The van der Waals surface area contributed by atoms with E-state index in [9.17, 15) is 0 Å². The van der Waals surface area contributed by atoms with Crippen molar-refractivity contribution in [1.82, 2.24) is 4.90 Å². The fraction of sp³-hybridized carbons (Fsp3) is 0.500. The maximum Gasteiger partial charge on any atom is 0.0237 e. The predicted octanol–water partition coefficient (Wildman–Crippen LogP) is 1.31. The van der Waals surface area contributed by atoms with Gasteiger partial charge in [0.2, 0.25) is 0 Å². The molecule has 1 aromatic rings. The molecule has 2 N–H and O–H groups in total. The Balaban J connectivity index is 2.16. The standard InChI is InChI=1S/C12H18N2/c1-10-2-3-11-4-6-14(7-5-13)9-12(11)8-10/h2-3,8H,4-7,9,13H2,1H3. The van der Waals surface area contributed by atoms with Crippen LogP contribution >= 0.6 is 0 Å². The molecule has 1 aliphatic rings. The number of benzene rings is 1. The Bertz CT molecular complexity index is 320. The second-order valence-electron chi connectivity index (χ2n) is 4.09. The third-order valence-corrected chi connectivity index (χ3v) is 2.90. The van der Waals surface area contributed by atoms with E-state index in [-0.39, 0.29) is 0 Å². The molecule has 2 nitrogen and oxygen atoms in total. The molecular formula is C12H18N2. The van der Waals surface area contributed by atoms with Gasteiger partial charge in [-0.3, -0.25) is 4.90 Å². The highest BCUT2D eigenvalue weighted by atomic mass is 15.1. The predicted molar refractivity (Wildman–Crippen MR) is 59.2 cm³/mol. The van der Waals surface area contributed by atoms with Crippen LogP contribution in [0.5, 0.6) is 0 Å². The minimum atomic E-state index is 0.765. The molecule has 1 aliphatic heterocycles. The van der Waals surface area contributed by atoms with Gasteiger partial charge in [0.05, 0.1) is 0 Å². The first kappa shape index (κ1) is 9.69. The summed E-state index contributed by atoms with van der Waals surface area (Å²) in [5, 5.41) is 0. The topological polar surface area (TPSA) is 29.3 Å². The number of hydrogen-bond donors (Lipinski definition) is 1. The van der Waals surface area contributed by atoms with Crippen molar-refractivity contribution in [2.24, 2.45) is 5.73 Å². The summed E-state index contributed by atoms with van der Waals surface area (Å²) in [6.45, 7) is 6.18. The van der Waals surface area contributed by atoms with Crippen LogP contribution in [-0.2, 0) is 13.0 Å². The first-order valence-electron chi connectivity index (χ1n) is 5.30. The molecule has 0 fully saturated rings. The van der Waals surface area contributed by atoms with E-state index in [2.05, 4.69) is 30.0 Å². The van der Waals surface area contributed by atoms with Crippen molar-refractivity contribution in [2.75, 3.05) is 19.6 Å². The van der Waals surface area contributed by atoms with E-state index in [1.807, 2.05) is 0 Å². The van der Waals surface area contributed by atoms with E-state index in [1.54, 1.807) is 0 Å². The summed E-state index contributed by atoms with van der Waals surface area (Å²) < 4.78 is 0. The number of nitrogens with two attached hydrogens (primary N) is 1. The molecule has 0 radical (unpaired) electrons. The third-order valence-electron chi connectivity index (χ3n) is 2.90. The lowest BCUT2D eigenvalue weighted by atomic mass is 9.98. The van der Waals surface area contributed by atoms with Gasteiger partial charge in [0.1, 0.15) is 0 Å². The van der Waals surface area contributed by atoms with Crippen LogP contribution in [0.1, 0.15) is 16.7 Å². The van der Waals surface area contributed by atoms with Crippen LogP contribution in [0, 0.1) is 6.92 Å². The summed E-state index contributed by atoms with van der Waals surface area (Å²) in [5.74, 6) is 0. The number of rotatable bonds is 2. The molecule has 76 valence electrons. The Hall–Kier alpha value is -0.860. The fourth-order valence-corrected chi connectivity index (χ4v) is 2.12. The summed E-state index contributed by atoms with van der Waals surface area (Å²) in [4.78, 5) is 2.43. The van der Waals surface area contributed by atoms with Crippen molar-refractivity contribution >= 4 is 0 Å². The summed E-state index contributed by atoms with van der Waals surface area (Å²) >= 11 is 0. The Morgan fingerprint density at radius 1 is 1.36 bits per heavy atom. The summed E-state index contributed by atoms with van der Waals surface area (Å²) in [6, 6.07) is 6.78. The van der Waals surface area contributed by atoms with Gasteiger partial charge in [-0.05, 0) is 24.5 Å². The normalized spacial score (nSPS) is 16.7. The molecule has 2 heteroatoms. The van der Waals surface area contributed by atoms with Crippen molar-refractivity contribution in [2.45, 2.75) is 19.9 Å². The zero-order chi connectivity index (χ0) is 9.97. The molecule has 1 aromatic carbocycles. The Morgan fingerprint density at radius 2 is 2.21 bits per heavy atom. The summed E-state index contributed by atoms with van der Waals surface area (Å²) in [7, 11) is 0. The van der Waals surface area contributed by atoms with Gasteiger partial charge in [0.15, 0.2) is 0 Å². The van der Waals surface area contributed by atoms with Gasteiger partial charge >= 0.3 is 0 Å². The zero-order valence-corrected chi connectivity index (χ0v) is 8.79. The van der Waals surface area contributed by atoms with Gasteiger partial charge in [0.25, 0.3) is 0 Å². The Kier molecular flexibility index (Phi) is 2.85. The third kappa shape index (κ3) is 1.97. The second-order valence-corrected chi connectivity index (χ2v) is 4.09. The summed E-state index contributed by atoms with van der Waals surface area (Å²) in [5.41, 5.74) is 9.94. The van der Waals surface area contributed by atoms with Gasteiger partial charge < -0.3 is 5.73 Å².